The molecule has 0 radical (unpaired) electrons. The molecule has 0 aliphatic heterocycles. The Labute approximate surface area is 103 Å². The molecular weight excluding hydrogens is 206 g/mol. The monoisotopic (exact) mass is 223 g/mol. The molecule has 0 aliphatic rings. The predicted octanol–water partition coefficient (Wildman–Crippen LogP) is 4.10. The first-order chi connectivity index (χ1) is 8.25. The van der Waals surface area contributed by atoms with Gasteiger partial charge in [-0.15, -0.1) is 0 Å². The van der Waals surface area contributed by atoms with Gasteiger partial charge in [0.2, 0.25) is 0 Å². The van der Waals surface area contributed by atoms with E-state index in [1.165, 1.54) is 16.8 Å². The minimum absolute atomic E-state index is 1.21. The minimum atomic E-state index is 1.21. The Hall–Kier alpha value is -2.02. The lowest BCUT2D eigenvalue weighted by Crippen LogP contribution is -2.07. The normalized spacial score (nSPS) is 10.7. The van der Waals surface area contributed by atoms with Crippen LogP contribution in [0.2, 0.25) is 0 Å². The van der Waals surface area contributed by atoms with Gasteiger partial charge < -0.3 is 4.90 Å². The summed E-state index contributed by atoms with van der Waals surface area (Å²) in [5, 5.41) is 0. The van der Waals surface area contributed by atoms with Crippen LogP contribution in [0.3, 0.4) is 0 Å². The van der Waals surface area contributed by atoms with Gasteiger partial charge in [-0.1, -0.05) is 42.5 Å². The topological polar surface area (TPSA) is 3.24 Å². The van der Waals surface area contributed by atoms with Gasteiger partial charge in [0, 0.05) is 18.9 Å². The summed E-state index contributed by atoms with van der Waals surface area (Å²) < 4.78 is 0. The second-order valence-electron chi connectivity index (χ2n) is 4.18. The summed E-state index contributed by atoms with van der Waals surface area (Å²) in [7, 11) is 2.06. The van der Waals surface area contributed by atoms with Crippen LogP contribution in [-0.2, 0) is 0 Å². The fourth-order valence-corrected chi connectivity index (χ4v) is 1.70. The highest BCUT2D eigenvalue weighted by Gasteiger charge is 1.96. The maximum Gasteiger partial charge on any atom is 0.0406 e. The Bertz CT molecular complexity index is 500. The van der Waals surface area contributed by atoms with Crippen LogP contribution in [0.25, 0.3) is 6.08 Å². The van der Waals surface area contributed by atoms with E-state index in [0.717, 1.165) is 0 Å². The van der Waals surface area contributed by atoms with Crippen molar-refractivity contribution in [2.75, 3.05) is 11.9 Å². The summed E-state index contributed by atoms with van der Waals surface area (Å²) in [6.07, 6.45) is 4.20. The second-order valence-corrected chi connectivity index (χ2v) is 4.18. The van der Waals surface area contributed by atoms with Crippen molar-refractivity contribution in [1.82, 2.24) is 0 Å². The Kier molecular flexibility index (Phi) is 3.61. The van der Waals surface area contributed by atoms with Gasteiger partial charge in [-0.2, -0.15) is 0 Å². The van der Waals surface area contributed by atoms with Gasteiger partial charge in [0.25, 0.3) is 0 Å². The molecule has 86 valence electrons. The molecular formula is C16H17N. The molecule has 2 aromatic rings. The third-order valence-corrected chi connectivity index (χ3v) is 2.70. The van der Waals surface area contributed by atoms with Crippen molar-refractivity contribution in [1.29, 1.82) is 0 Å². The molecule has 0 bridgehead atoms. The van der Waals surface area contributed by atoms with Crippen LogP contribution in [0.15, 0.2) is 60.8 Å². The first kappa shape index (κ1) is 11.5. The Morgan fingerprint density at radius 2 is 1.71 bits per heavy atom. The van der Waals surface area contributed by atoms with Gasteiger partial charge in [-0.05, 0) is 36.3 Å². The number of aryl methyl sites for hydroxylation is 1. The van der Waals surface area contributed by atoms with Crippen molar-refractivity contribution >= 4 is 11.8 Å². The third kappa shape index (κ3) is 3.22. The zero-order chi connectivity index (χ0) is 12.1. The molecule has 0 heterocycles. The lowest BCUT2D eigenvalue weighted by Gasteiger charge is -2.14. The molecule has 0 saturated carbocycles. The lowest BCUT2D eigenvalue weighted by atomic mass is 10.2. The highest BCUT2D eigenvalue weighted by Crippen LogP contribution is 2.15. The largest absolute Gasteiger partial charge is 0.351 e. The van der Waals surface area contributed by atoms with Crippen LogP contribution in [0.5, 0.6) is 0 Å². The van der Waals surface area contributed by atoms with Crippen molar-refractivity contribution in [3.8, 4) is 0 Å². The number of anilines is 1. The summed E-state index contributed by atoms with van der Waals surface area (Å²) in [5.74, 6) is 0. The molecule has 0 aliphatic carbocycles. The van der Waals surface area contributed by atoms with E-state index >= 15 is 0 Å². The average molecular weight is 223 g/mol. The highest BCUT2D eigenvalue weighted by molar-refractivity contribution is 5.57. The van der Waals surface area contributed by atoms with Crippen LogP contribution in [-0.4, -0.2) is 7.05 Å². The predicted molar refractivity (Wildman–Crippen MR) is 75.1 cm³/mol. The molecule has 0 amide bonds. The lowest BCUT2D eigenvalue weighted by molar-refractivity contribution is 1.20. The van der Waals surface area contributed by atoms with Crippen LogP contribution >= 0.6 is 0 Å². The fourth-order valence-electron chi connectivity index (χ4n) is 1.70. The highest BCUT2D eigenvalue weighted by atomic mass is 15.1. The van der Waals surface area contributed by atoms with Crippen molar-refractivity contribution < 1.29 is 0 Å². The summed E-state index contributed by atoms with van der Waals surface area (Å²) in [5.41, 5.74) is 3.70. The van der Waals surface area contributed by atoms with Gasteiger partial charge in [0.15, 0.2) is 0 Å². The van der Waals surface area contributed by atoms with Gasteiger partial charge in [0.1, 0.15) is 0 Å². The van der Waals surface area contributed by atoms with Gasteiger partial charge in [-0.25, -0.2) is 0 Å². The Balaban J connectivity index is 2.12. The molecule has 1 nitrogen and oxygen atoms in total. The summed E-state index contributed by atoms with van der Waals surface area (Å²) >= 11 is 0. The van der Waals surface area contributed by atoms with E-state index in [2.05, 4.69) is 67.5 Å². The average Bonchev–Trinajstić information content (AvgIpc) is 2.37. The summed E-state index contributed by atoms with van der Waals surface area (Å²) in [6.45, 7) is 2.11. The molecule has 0 aromatic heterocycles. The minimum Gasteiger partial charge on any atom is -0.351 e. The van der Waals surface area contributed by atoms with Crippen LogP contribution in [0, 0.1) is 6.92 Å². The van der Waals surface area contributed by atoms with Crippen molar-refractivity contribution in [2.45, 2.75) is 6.92 Å². The molecule has 2 rings (SSSR count). The van der Waals surface area contributed by atoms with E-state index in [-0.39, 0.29) is 0 Å². The van der Waals surface area contributed by atoms with E-state index in [1.807, 2.05) is 18.2 Å². The second kappa shape index (κ2) is 5.35. The van der Waals surface area contributed by atoms with Gasteiger partial charge in [0.05, 0.1) is 0 Å². The number of hydrogen-bond acceptors (Lipinski definition) is 1. The smallest absolute Gasteiger partial charge is 0.0406 e. The molecule has 0 unspecified atom stereocenters. The first-order valence-electron chi connectivity index (χ1n) is 5.78. The standard InChI is InChI=1S/C16H17N/c1-14-7-6-10-16(13-14)17(2)12-11-15-8-4-3-5-9-15/h3-13H,1-2H3. The molecule has 0 saturated heterocycles. The quantitative estimate of drug-likeness (QED) is 0.757. The number of benzene rings is 2. The van der Waals surface area contributed by atoms with E-state index < -0.39 is 0 Å². The Morgan fingerprint density at radius 3 is 2.41 bits per heavy atom. The number of rotatable bonds is 3. The molecule has 1 heteroatoms. The molecule has 0 N–H and O–H groups in total. The summed E-state index contributed by atoms with van der Waals surface area (Å²) in [4.78, 5) is 2.12. The maximum absolute atomic E-state index is 2.18. The zero-order valence-electron chi connectivity index (χ0n) is 10.3. The van der Waals surface area contributed by atoms with E-state index in [9.17, 15) is 0 Å². The third-order valence-electron chi connectivity index (χ3n) is 2.70. The van der Waals surface area contributed by atoms with Gasteiger partial charge >= 0.3 is 0 Å². The molecule has 2 aromatic carbocycles. The van der Waals surface area contributed by atoms with E-state index in [0.29, 0.717) is 0 Å². The fraction of sp³-hybridized carbons (Fsp3) is 0.125. The van der Waals surface area contributed by atoms with Crippen molar-refractivity contribution in [2.24, 2.45) is 0 Å². The Morgan fingerprint density at radius 1 is 0.941 bits per heavy atom. The SMILES string of the molecule is Cc1cccc(N(C)C=Cc2ccccc2)c1. The zero-order valence-corrected chi connectivity index (χ0v) is 10.3. The first-order valence-corrected chi connectivity index (χ1v) is 5.78. The van der Waals surface area contributed by atoms with E-state index in [4.69, 9.17) is 0 Å². The number of nitrogens with zero attached hydrogens (tertiary/aromatic N) is 1. The van der Waals surface area contributed by atoms with E-state index in [1.54, 1.807) is 0 Å². The number of hydrogen-bond donors (Lipinski definition) is 0. The van der Waals surface area contributed by atoms with Crippen molar-refractivity contribution in [3.05, 3.63) is 71.9 Å². The van der Waals surface area contributed by atoms with Crippen LogP contribution in [0.1, 0.15) is 11.1 Å². The maximum atomic E-state index is 2.18. The van der Waals surface area contributed by atoms with Crippen LogP contribution < -0.4 is 4.90 Å². The van der Waals surface area contributed by atoms with Crippen molar-refractivity contribution in [3.63, 3.8) is 0 Å². The molecule has 0 atom stereocenters. The van der Waals surface area contributed by atoms with Crippen LogP contribution in [0.4, 0.5) is 5.69 Å². The summed E-state index contributed by atoms with van der Waals surface area (Å²) in [6, 6.07) is 18.8. The molecule has 0 spiro atoms. The van der Waals surface area contributed by atoms with Gasteiger partial charge in [-0.3, -0.25) is 0 Å². The molecule has 0 fully saturated rings. The molecule has 17 heavy (non-hydrogen) atoms.